The first-order valence-corrected chi connectivity index (χ1v) is 5.88. The molecule has 0 saturated carbocycles. The van der Waals surface area contributed by atoms with Crippen LogP contribution in [0, 0.1) is 11.6 Å². The Bertz CT molecular complexity index is 662. The summed E-state index contributed by atoms with van der Waals surface area (Å²) in [6.07, 6.45) is 0. The summed E-state index contributed by atoms with van der Waals surface area (Å²) in [7, 11) is 0. The summed E-state index contributed by atoms with van der Waals surface area (Å²) >= 11 is 4.86. The molecule has 0 heterocycles. The number of halogens is 2. The van der Waals surface area contributed by atoms with Crippen LogP contribution in [0.4, 0.5) is 20.2 Å². The zero-order valence-electron chi connectivity index (χ0n) is 10.0. The number of anilines is 2. The molecule has 0 unspecified atom stereocenters. The molecule has 2 rings (SSSR count). The number of thiocarbonyl (C=S) groups is 1. The van der Waals surface area contributed by atoms with E-state index in [9.17, 15) is 19.0 Å². The lowest BCUT2D eigenvalue weighted by Gasteiger charge is -2.24. The molecule has 2 aromatic rings. The van der Waals surface area contributed by atoms with Crippen molar-refractivity contribution >= 4 is 28.7 Å². The van der Waals surface area contributed by atoms with E-state index in [1.54, 1.807) is 0 Å². The zero-order chi connectivity index (χ0) is 14.9. The molecule has 0 aromatic heterocycles. The smallest absolute Gasteiger partial charge is 0.202 e. The molecule has 0 bridgehead atoms. The number of hydrogen-bond acceptors (Lipinski definition) is 3. The number of aromatic hydroxyl groups is 2. The maximum absolute atomic E-state index is 13.4. The van der Waals surface area contributed by atoms with Gasteiger partial charge >= 0.3 is 0 Å². The van der Waals surface area contributed by atoms with Gasteiger partial charge in [0.05, 0.1) is 5.69 Å². The topological polar surface area (TPSA) is 69.7 Å². The van der Waals surface area contributed by atoms with Gasteiger partial charge in [-0.2, -0.15) is 4.39 Å². The van der Waals surface area contributed by atoms with E-state index in [0.29, 0.717) is 5.69 Å². The molecule has 7 heteroatoms. The summed E-state index contributed by atoms with van der Waals surface area (Å²) in [5, 5.41) is 18.8. The van der Waals surface area contributed by atoms with Gasteiger partial charge < -0.3 is 15.9 Å². The summed E-state index contributed by atoms with van der Waals surface area (Å²) in [5.41, 5.74) is 5.85. The van der Waals surface area contributed by atoms with Gasteiger partial charge in [0, 0.05) is 5.69 Å². The molecule has 0 radical (unpaired) electrons. The molecule has 0 saturated heterocycles. The van der Waals surface area contributed by atoms with Crippen molar-refractivity contribution in [3.05, 3.63) is 48.0 Å². The second-order valence-corrected chi connectivity index (χ2v) is 4.34. The monoisotopic (exact) mass is 296 g/mol. The van der Waals surface area contributed by atoms with Crippen molar-refractivity contribution in [2.75, 3.05) is 4.90 Å². The Labute approximate surface area is 118 Å². The molecule has 2 aromatic carbocycles. The Morgan fingerprint density at radius 2 is 1.65 bits per heavy atom. The number of hydrogen-bond donors (Lipinski definition) is 3. The fraction of sp³-hybridized carbons (Fsp3) is 0. The van der Waals surface area contributed by atoms with Crippen molar-refractivity contribution in [2.45, 2.75) is 0 Å². The molecule has 0 aliphatic heterocycles. The Morgan fingerprint density at radius 3 is 2.20 bits per heavy atom. The van der Waals surface area contributed by atoms with Crippen LogP contribution in [0.2, 0.25) is 0 Å². The predicted octanol–water partition coefficient (Wildman–Crippen LogP) is 2.76. The normalized spacial score (nSPS) is 10.3. The Kier molecular flexibility index (Phi) is 3.71. The lowest BCUT2D eigenvalue weighted by molar-refractivity contribution is 0.408. The molecular formula is C13H10F2N2O2S. The SMILES string of the molecule is NC(=S)N(c1ccc(O)cc1)c1ccc(F)c(F)c1O. The lowest BCUT2D eigenvalue weighted by atomic mass is 10.2. The average Bonchev–Trinajstić information content (AvgIpc) is 2.41. The number of nitrogens with zero attached hydrogens (tertiary/aromatic N) is 1. The molecule has 0 atom stereocenters. The number of phenols is 2. The van der Waals surface area contributed by atoms with Crippen molar-refractivity contribution in [3.8, 4) is 11.5 Å². The quantitative estimate of drug-likeness (QED) is 0.743. The van der Waals surface area contributed by atoms with Gasteiger partial charge in [-0.05, 0) is 48.6 Å². The number of phenolic OH excluding ortho intramolecular Hbond substituents is 2. The summed E-state index contributed by atoms with van der Waals surface area (Å²) in [6.45, 7) is 0. The molecule has 4 nitrogen and oxygen atoms in total. The lowest BCUT2D eigenvalue weighted by Crippen LogP contribution is -2.31. The third-order valence-electron chi connectivity index (χ3n) is 2.62. The zero-order valence-corrected chi connectivity index (χ0v) is 10.9. The van der Waals surface area contributed by atoms with E-state index < -0.39 is 17.4 Å². The maximum atomic E-state index is 13.4. The van der Waals surface area contributed by atoms with E-state index in [1.165, 1.54) is 24.3 Å². The molecule has 0 aliphatic carbocycles. The highest BCUT2D eigenvalue weighted by atomic mass is 32.1. The fourth-order valence-corrected chi connectivity index (χ4v) is 1.90. The van der Waals surface area contributed by atoms with Crippen LogP contribution in [0.25, 0.3) is 0 Å². The first-order valence-electron chi connectivity index (χ1n) is 5.47. The van der Waals surface area contributed by atoms with E-state index in [-0.39, 0.29) is 16.5 Å². The minimum absolute atomic E-state index is 0.0196. The van der Waals surface area contributed by atoms with Gasteiger partial charge in [-0.15, -0.1) is 0 Å². The van der Waals surface area contributed by atoms with Crippen molar-refractivity contribution in [3.63, 3.8) is 0 Å². The van der Waals surface area contributed by atoms with Crippen molar-refractivity contribution in [1.82, 2.24) is 0 Å². The van der Waals surface area contributed by atoms with Crippen LogP contribution in [0.5, 0.6) is 11.5 Å². The molecular weight excluding hydrogens is 286 g/mol. The summed E-state index contributed by atoms with van der Waals surface area (Å²) in [4.78, 5) is 1.16. The van der Waals surface area contributed by atoms with Crippen molar-refractivity contribution < 1.29 is 19.0 Å². The molecule has 0 spiro atoms. The number of nitrogens with two attached hydrogens (primary N) is 1. The Hall–Kier alpha value is -2.41. The summed E-state index contributed by atoms with van der Waals surface area (Å²) in [5.74, 6) is -3.45. The van der Waals surface area contributed by atoms with Crippen molar-refractivity contribution in [1.29, 1.82) is 0 Å². The number of benzene rings is 2. The average molecular weight is 296 g/mol. The van der Waals surface area contributed by atoms with Crippen molar-refractivity contribution in [2.24, 2.45) is 5.73 Å². The van der Waals surface area contributed by atoms with Gasteiger partial charge in [0.2, 0.25) is 5.82 Å². The van der Waals surface area contributed by atoms with Crippen LogP contribution in [0.3, 0.4) is 0 Å². The van der Waals surface area contributed by atoms with Crippen LogP contribution >= 0.6 is 12.2 Å². The number of rotatable bonds is 2. The molecule has 0 aliphatic rings. The van der Waals surface area contributed by atoms with E-state index in [4.69, 9.17) is 18.0 Å². The Balaban J connectivity index is 2.58. The maximum Gasteiger partial charge on any atom is 0.202 e. The predicted molar refractivity (Wildman–Crippen MR) is 75.1 cm³/mol. The molecule has 0 amide bonds. The second kappa shape index (κ2) is 5.30. The molecule has 0 fully saturated rings. The fourth-order valence-electron chi connectivity index (χ4n) is 1.70. The first-order chi connectivity index (χ1) is 9.41. The van der Waals surface area contributed by atoms with Gasteiger partial charge in [-0.1, -0.05) is 0 Å². The first kappa shape index (κ1) is 14.0. The van der Waals surface area contributed by atoms with Crippen LogP contribution in [0.1, 0.15) is 0 Å². The third kappa shape index (κ3) is 2.48. The van der Waals surface area contributed by atoms with Crippen LogP contribution in [0.15, 0.2) is 36.4 Å². The molecule has 4 N–H and O–H groups in total. The van der Waals surface area contributed by atoms with E-state index in [1.807, 2.05) is 0 Å². The third-order valence-corrected chi connectivity index (χ3v) is 2.80. The second-order valence-electron chi connectivity index (χ2n) is 3.92. The van der Waals surface area contributed by atoms with Crippen LogP contribution < -0.4 is 10.6 Å². The van der Waals surface area contributed by atoms with E-state index in [0.717, 1.165) is 17.0 Å². The molecule has 104 valence electrons. The molecule has 20 heavy (non-hydrogen) atoms. The highest BCUT2D eigenvalue weighted by molar-refractivity contribution is 7.80. The summed E-state index contributed by atoms with van der Waals surface area (Å²) in [6, 6.07) is 7.69. The minimum atomic E-state index is -1.39. The van der Waals surface area contributed by atoms with Gasteiger partial charge in [0.15, 0.2) is 16.7 Å². The highest BCUT2D eigenvalue weighted by Gasteiger charge is 2.20. The van der Waals surface area contributed by atoms with Gasteiger partial charge in [-0.25, -0.2) is 4.39 Å². The highest BCUT2D eigenvalue weighted by Crippen LogP contribution is 2.36. The van der Waals surface area contributed by atoms with Gasteiger partial charge in [0.25, 0.3) is 0 Å². The van der Waals surface area contributed by atoms with Gasteiger partial charge in [-0.3, -0.25) is 4.90 Å². The Morgan fingerprint density at radius 1 is 1.05 bits per heavy atom. The standard InChI is InChI=1S/C13H10F2N2O2S/c14-9-5-6-10(12(19)11(9)15)17(13(16)20)7-1-3-8(18)4-2-7/h1-6,18-19H,(H2,16,20). The largest absolute Gasteiger partial charge is 0.508 e. The minimum Gasteiger partial charge on any atom is -0.508 e. The van der Waals surface area contributed by atoms with Gasteiger partial charge in [0.1, 0.15) is 5.75 Å². The van der Waals surface area contributed by atoms with Crippen LogP contribution in [-0.4, -0.2) is 15.3 Å². The van der Waals surface area contributed by atoms with Crippen LogP contribution in [-0.2, 0) is 0 Å². The van der Waals surface area contributed by atoms with E-state index >= 15 is 0 Å². The summed E-state index contributed by atoms with van der Waals surface area (Å²) < 4.78 is 26.4. The van der Waals surface area contributed by atoms with E-state index in [2.05, 4.69) is 0 Å².